The topological polar surface area (TPSA) is 114 Å². The third kappa shape index (κ3) is 2.82. The molecule has 8 nitrogen and oxygen atoms in total. The van der Waals surface area contributed by atoms with Crippen LogP contribution in [0.5, 0.6) is 11.5 Å². The highest BCUT2D eigenvalue weighted by atomic mass is 16.6. The van der Waals surface area contributed by atoms with Crippen LogP contribution in [0.4, 0.5) is 5.69 Å². The lowest BCUT2D eigenvalue weighted by atomic mass is 10.2. The smallest absolute Gasteiger partial charge is 0.270 e. The van der Waals surface area contributed by atoms with Gasteiger partial charge in [0, 0.05) is 23.3 Å². The predicted octanol–water partition coefficient (Wildman–Crippen LogP) is 2.76. The Hall–Kier alpha value is -3.42. The summed E-state index contributed by atoms with van der Waals surface area (Å²) in [4.78, 5) is 14.7. The van der Waals surface area contributed by atoms with Crippen LogP contribution in [-0.2, 0) is 0 Å². The Balaban J connectivity index is 1.97. The molecule has 0 atom stereocenters. The number of aromatic hydroxyl groups is 1. The molecule has 0 bridgehead atoms. The van der Waals surface area contributed by atoms with E-state index in [1.807, 2.05) is 0 Å². The molecule has 0 spiro atoms. The molecule has 3 rings (SSSR count). The van der Waals surface area contributed by atoms with Gasteiger partial charge in [-0.3, -0.25) is 15.2 Å². The summed E-state index contributed by atoms with van der Waals surface area (Å²) in [6.45, 7) is 0. The van der Waals surface area contributed by atoms with Crippen LogP contribution in [0.2, 0.25) is 0 Å². The monoisotopic (exact) mass is 312 g/mol. The van der Waals surface area contributed by atoms with Gasteiger partial charge in [-0.15, -0.1) is 0 Å². The van der Waals surface area contributed by atoms with Crippen molar-refractivity contribution in [2.24, 2.45) is 0 Å². The number of nitrogens with one attached hydrogen (secondary N) is 1. The maximum absolute atomic E-state index is 10.8. The molecule has 0 unspecified atom stereocenters. The van der Waals surface area contributed by atoms with Crippen LogP contribution < -0.4 is 4.74 Å². The molecule has 23 heavy (non-hydrogen) atoms. The van der Waals surface area contributed by atoms with Crippen LogP contribution in [0.3, 0.4) is 0 Å². The number of nitrogens with zero attached hydrogens (tertiary/aromatic N) is 3. The molecular weight excluding hydrogens is 300 g/mol. The van der Waals surface area contributed by atoms with E-state index in [-0.39, 0.29) is 11.4 Å². The summed E-state index contributed by atoms with van der Waals surface area (Å²) in [5, 5.41) is 27.3. The first kappa shape index (κ1) is 14.5. The summed E-state index contributed by atoms with van der Waals surface area (Å²) < 4.78 is 5.05. The van der Waals surface area contributed by atoms with E-state index in [4.69, 9.17) is 4.74 Å². The molecule has 0 aliphatic heterocycles. The average Bonchev–Trinajstić information content (AvgIpc) is 3.05. The zero-order valence-corrected chi connectivity index (χ0v) is 12.1. The highest BCUT2D eigenvalue weighted by Gasteiger charge is 2.13. The number of ether oxygens (including phenoxy) is 1. The van der Waals surface area contributed by atoms with Crippen molar-refractivity contribution < 1.29 is 14.8 Å². The number of phenolic OH excluding ortho intramolecular Hbond substituents is 1. The van der Waals surface area contributed by atoms with E-state index in [1.54, 1.807) is 24.3 Å². The summed E-state index contributed by atoms with van der Waals surface area (Å²) in [7, 11) is 1.45. The highest BCUT2D eigenvalue weighted by molar-refractivity contribution is 5.65. The summed E-state index contributed by atoms with van der Waals surface area (Å²) in [6.07, 6.45) is 0. The minimum Gasteiger partial charge on any atom is -0.504 e. The van der Waals surface area contributed by atoms with Gasteiger partial charge in [-0.05, 0) is 18.2 Å². The van der Waals surface area contributed by atoms with Gasteiger partial charge in [0.1, 0.15) is 0 Å². The second-order valence-electron chi connectivity index (χ2n) is 4.70. The molecule has 0 saturated carbocycles. The molecule has 2 N–H and O–H groups in total. The number of hydrogen-bond donors (Lipinski definition) is 2. The van der Waals surface area contributed by atoms with Crippen molar-refractivity contribution in [1.82, 2.24) is 15.2 Å². The number of nitro benzene ring substituents is 1. The fourth-order valence-electron chi connectivity index (χ4n) is 2.10. The van der Waals surface area contributed by atoms with E-state index in [9.17, 15) is 15.2 Å². The third-order valence-corrected chi connectivity index (χ3v) is 3.25. The van der Waals surface area contributed by atoms with Crippen LogP contribution in [0.25, 0.3) is 22.8 Å². The number of aromatic nitrogens is 3. The van der Waals surface area contributed by atoms with Crippen molar-refractivity contribution in [3.8, 4) is 34.3 Å². The van der Waals surface area contributed by atoms with Crippen molar-refractivity contribution in [2.75, 3.05) is 7.11 Å². The molecule has 116 valence electrons. The molecule has 1 heterocycles. The fraction of sp³-hybridized carbons (Fsp3) is 0.0667. The highest BCUT2D eigenvalue weighted by Crippen LogP contribution is 2.30. The molecule has 0 aliphatic carbocycles. The number of phenols is 1. The summed E-state index contributed by atoms with van der Waals surface area (Å²) in [5.74, 6) is 1.14. The maximum Gasteiger partial charge on any atom is 0.270 e. The Kier molecular flexibility index (Phi) is 3.63. The largest absolute Gasteiger partial charge is 0.504 e. The molecule has 1 aromatic heterocycles. The fourth-order valence-corrected chi connectivity index (χ4v) is 2.10. The van der Waals surface area contributed by atoms with Crippen LogP contribution in [-0.4, -0.2) is 32.3 Å². The Labute approximate surface area is 130 Å². The van der Waals surface area contributed by atoms with E-state index in [0.717, 1.165) is 0 Å². The lowest BCUT2D eigenvalue weighted by Gasteiger charge is -2.04. The zero-order valence-electron chi connectivity index (χ0n) is 12.1. The number of aromatic amines is 1. The summed E-state index contributed by atoms with van der Waals surface area (Å²) >= 11 is 0. The molecule has 3 aromatic rings. The van der Waals surface area contributed by atoms with Gasteiger partial charge in [0.05, 0.1) is 12.0 Å². The van der Waals surface area contributed by atoms with Gasteiger partial charge in [-0.1, -0.05) is 12.1 Å². The van der Waals surface area contributed by atoms with Crippen LogP contribution >= 0.6 is 0 Å². The van der Waals surface area contributed by atoms with E-state index >= 15 is 0 Å². The number of hydrogen-bond acceptors (Lipinski definition) is 6. The van der Waals surface area contributed by atoms with Gasteiger partial charge in [0.2, 0.25) is 0 Å². The third-order valence-electron chi connectivity index (χ3n) is 3.25. The van der Waals surface area contributed by atoms with Gasteiger partial charge in [0.25, 0.3) is 5.69 Å². The van der Waals surface area contributed by atoms with E-state index in [0.29, 0.717) is 28.5 Å². The Morgan fingerprint density at radius 1 is 1.22 bits per heavy atom. The summed E-state index contributed by atoms with van der Waals surface area (Å²) in [6, 6.07) is 10.9. The predicted molar refractivity (Wildman–Crippen MR) is 82.1 cm³/mol. The van der Waals surface area contributed by atoms with Crippen molar-refractivity contribution in [3.05, 3.63) is 52.6 Å². The zero-order chi connectivity index (χ0) is 16.4. The second kappa shape index (κ2) is 5.76. The molecule has 2 aromatic carbocycles. The minimum atomic E-state index is -0.470. The quantitative estimate of drug-likeness (QED) is 0.565. The normalized spacial score (nSPS) is 10.5. The van der Waals surface area contributed by atoms with Crippen molar-refractivity contribution >= 4 is 5.69 Å². The first-order valence-corrected chi connectivity index (χ1v) is 6.63. The molecule has 0 aliphatic rings. The number of rotatable bonds is 4. The van der Waals surface area contributed by atoms with E-state index in [2.05, 4.69) is 15.2 Å². The van der Waals surface area contributed by atoms with Crippen molar-refractivity contribution in [2.45, 2.75) is 0 Å². The van der Waals surface area contributed by atoms with Crippen LogP contribution in [0.15, 0.2) is 42.5 Å². The number of non-ortho nitro benzene ring substituents is 1. The molecule has 0 saturated heterocycles. The standard InChI is InChI=1S/C15H12N4O4/c1-23-13-8-10(5-6-12(13)20)15-16-14(17-18-15)9-3-2-4-11(7-9)19(21)22/h2-8,20H,1H3,(H,16,17,18). The number of benzene rings is 2. The van der Waals surface area contributed by atoms with Crippen molar-refractivity contribution in [1.29, 1.82) is 0 Å². The first-order chi connectivity index (χ1) is 11.1. The lowest BCUT2D eigenvalue weighted by molar-refractivity contribution is -0.384. The Bertz CT molecular complexity index is 875. The van der Waals surface area contributed by atoms with Gasteiger partial charge in [-0.25, -0.2) is 4.98 Å². The number of nitro groups is 1. The summed E-state index contributed by atoms with van der Waals surface area (Å²) in [5.41, 5.74) is 1.18. The van der Waals surface area contributed by atoms with E-state index in [1.165, 1.54) is 25.3 Å². The Morgan fingerprint density at radius 3 is 2.78 bits per heavy atom. The second-order valence-corrected chi connectivity index (χ2v) is 4.70. The number of H-pyrrole nitrogens is 1. The van der Waals surface area contributed by atoms with Crippen molar-refractivity contribution in [3.63, 3.8) is 0 Å². The SMILES string of the molecule is COc1cc(-c2nc(-c3cccc([N+](=O)[O-])c3)n[nH]2)ccc1O. The van der Waals surface area contributed by atoms with Gasteiger partial charge in [-0.2, -0.15) is 5.10 Å². The number of methoxy groups -OCH3 is 1. The van der Waals surface area contributed by atoms with E-state index < -0.39 is 4.92 Å². The molecule has 0 radical (unpaired) electrons. The van der Waals surface area contributed by atoms with Gasteiger partial charge >= 0.3 is 0 Å². The minimum absolute atomic E-state index is 0.0228. The Morgan fingerprint density at radius 2 is 2.04 bits per heavy atom. The van der Waals surface area contributed by atoms with Crippen LogP contribution in [0.1, 0.15) is 0 Å². The van der Waals surface area contributed by atoms with Gasteiger partial charge < -0.3 is 9.84 Å². The molecular formula is C15H12N4O4. The molecule has 8 heteroatoms. The lowest BCUT2D eigenvalue weighted by Crippen LogP contribution is -1.89. The molecule has 0 amide bonds. The average molecular weight is 312 g/mol. The van der Waals surface area contributed by atoms with Gasteiger partial charge in [0.15, 0.2) is 23.1 Å². The first-order valence-electron chi connectivity index (χ1n) is 6.63. The maximum atomic E-state index is 10.8. The molecule has 0 fully saturated rings. The van der Waals surface area contributed by atoms with Crippen LogP contribution in [0, 0.1) is 10.1 Å².